The van der Waals surface area contributed by atoms with Crippen LogP contribution in [-0.2, 0) is 21.7 Å². The number of benzene rings is 8. The van der Waals surface area contributed by atoms with Gasteiger partial charge in [-0.1, -0.05) is 144 Å². The van der Waals surface area contributed by atoms with Crippen LogP contribution in [-0.4, -0.2) is 31.6 Å². The number of nitrogens with zero attached hydrogens (tertiary/aromatic N) is 2. The Labute approximate surface area is 456 Å². The normalized spacial score (nSPS) is 13.5. The SMILES string of the molecule is Cc1cc(-c2ccccc2OC(C)C[C@@H](C)Oc2ccccc2-c2cc(C)cc(-n3c4ccc(C(C)(C)C)cc4c4cc(C(C)(C)C)ccc43)c2O)c(O)c(-n2c3ccc(C(C)(C)C)cc3c3cc(C(C)(C)C)ccc32)c1. The van der Waals surface area contributed by atoms with Crippen molar-refractivity contribution in [2.75, 3.05) is 0 Å². The zero-order chi connectivity index (χ0) is 55.3. The molecule has 6 heteroatoms. The maximum Gasteiger partial charge on any atom is 0.147 e. The minimum absolute atomic E-state index is 0.0286. The van der Waals surface area contributed by atoms with Gasteiger partial charge in [-0.15, -0.1) is 0 Å². The highest BCUT2D eigenvalue weighted by molar-refractivity contribution is 6.11. The van der Waals surface area contributed by atoms with Crippen molar-refractivity contribution in [1.29, 1.82) is 0 Å². The van der Waals surface area contributed by atoms with Crippen LogP contribution in [0.25, 0.3) is 77.2 Å². The summed E-state index contributed by atoms with van der Waals surface area (Å²) in [7, 11) is 0. The first-order valence-electron chi connectivity index (χ1n) is 27.6. The molecule has 0 radical (unpaired) electrons. The van der Waals surface area contributed by atoms with E-state index in [-0.39, 0.29) is 45.4 Å². The van der Waals surface area contributed by atoms with Gasteiger partial charge < -0.3 is 28.8 Å². The minimum atomic E-state index is -0.261. The average Bonchev–Trinajstić information content (AvgIpc) is 3.91. The largest absolute Gasteiger partial charge is 0.505 e. The van der Waals surface area contributed by atoms with Crippen LogP contribution in [0, 0.1) is 13.8 Å². The van der Waals surface area contributed by atoms with Gasteiger partial charge in [0.15, 0.2) is 0 Å². The molecule has 2 N–H and O–H groups in total. The molecule has 0 amide bonds. The van der Waals surface area contributed by atoms with E-state index in [9.17, 15) is 10.2 Å². The first-order chi connectivity index (χ1) is 36.2. The first kappa shape index (κ1) is 53.0. The van der Waals surface area contributed by atoms with Crippen molar-refractivity contribution < 1.29 is 19.7 Å². The van der Waals surface area contributed by atoms with Crippen LogP contribution < -0.4 is 9.47 Å². The summed E-state index contributed by atoms with van der Waals surface area (Å²) in [6.45, 7) is 35.4. The van der Waals surface area contributed by atoms with Crippen LogP contribution in [0.3, 0.4) is 0 Å². The second kappa shape index (κ2) is 19.2. The maximum absolute atomic E-state index is 12.6. The molecule has 0 aliphatic heterocycles. The van der Waals surface area contributed by atoms with Gasteiger partial charge in [-0.3, -0.25) is 0 Å². The molecule has 396 valence electrons. The highest BCUT2D eigenvalue weighted by Crippen LogP contribution is 2.47. The number of rotatable bonds is 10. The molecule has 6 nitrogen and oxygen atoms in total. The molecule has 2 atom stereocenters. The number of phenols is 2. The second-order valence-corrected chi connectivity index (χ2v) is 26.0. The highest BCUT2D eigenvalue weighted by Gasteiger charge is 2.27. The van der Waals surface area contributed by atoms with Gasteiger partial charge in [0.05, 0.1) is 45.6 Å². The van der Waals surface area contributed by atoms with Gasteiger partial charge in [-0.05, 0) is 168 Å². The number of hydrogen-bond donors (Lipinski definition) is 2. The van der Waals surface area contributed by atoms with Crippen LogP contribution in [0.15, 0.2) is 146 Å². The van der Waals surface area contributed by atoms with Gasteiger partial charge >= 0.3 is 0 Å². The Hall–Kier alpha value is -7.44. The molecule has 77 heavy (non-hydrogen) atoms. The molecular formula is C71H78N2O4. The summed E-state index contributed by atoms with van der Waals surface area (Å²) < 4.78 is 18.2. The molecule has 0 aliphatic carbocycles. The van der Waals surface area contributed by atoms with E-state index in [0.717, 1.165) is 55.7 Å². The summed E-state index contributed by atoms with van der Waals surface area (Å²) in [5, 5.41) is 29.8. The molecule has 2 aromatic heterocycles. The smallest absolute Gasteiger partial charge is 0.147 e. The predicted molar refractivity (Wildman–Crippen MR) is 325 cm³/mol. The van der Waals surface area contributed by atoms with Crippen LogP contribution in [0.1, 0.15) is 137 Å². The van der Waals surface area contributed by atoms with Gasteiger partial charge in [0.2, 0.25) is 0 Å². The fourth-order valence-corrected chi connectivity index (χ4v) is 11.3. The Morgan fingerprint density at radius 3 is 0.948 bits per heavy atom. The van der Waals surface area contributed by atoms with E-state index in [1.165, 1.54) is 43.8 Å². The average molecular weight is 1020 g/mol. The van der Waals surface area contributed by atoms with Gasteiger partial charge in [-0.25, -0.2) is 0 Å². The van der Waals surface area contributed by atoms with Crippen LogP contribution >= 0.6 is 0 Å². The van der Waals surface area contributed by atoms with E-state index < -0.39 is 0 Å². The lowest BCUT2D eigenvalue weighted by molar-refractivity contribution is 0.131. The molecule has 0 aliphatic rings. The van der Waals surface area contributed by atoms with Crippen molar-refractivity contribution in [2.45, 2.75) is 151 Å². The highest BCUT2D eigenvalue weighted by atomic mass is 16.5. The summed E-state index contributed by atoms with van der Waals surface area (Å²) in [5.41, 5.74) is 15.7. The standard InChI is InChI=1S/C71H78N2O4/c1-42-33-56(66(74)62(35-42)72-58-29-25-46(68(5,6)7)38-52(58)53-39-47(69(8,9)10)26-30-59(53)72)50-21-17-19-23-64(50)76-44(3)37-45(4)77-65-24-20-18-22-51(65)57-34-43(2)36-63(67(57)75)73-60-31-27-48(70(11,12)13)40-54(60)55-41-49(71(14,15)16)28-32-61(55)73/h17-36,38-41,44-45,74-75H,37H2,1-16H3/t44-,45?/m1/s1. The van der Waals surface area contributed by atoms with E-state index in [1.54, 1.807) is 0 Å². The molecule has 2 heterocycles. The van der Waals surface area contributed by atoms with E-state index >= 15 is 0 Å². The number of ether oxygens (including phenoxy) is 2. The van der Waals surface area contributed by atoms with Gasteiger partial charge in [-0.2, -0.15) is 0 Å². The summed E-state index contributed by atoms with van der Waals surface area (Å²) >= 11 is 0. The van der Waals surface area contributed by atoms with Gasteiger partial charge in [0.1, 0.15) is 23.0 Å². The number of fused-ring (bicyclic) bond motifs is 6. The summed E-state index contributed by atoms with van der Waals surface area (Å²) in [6, 6.07) is 51.4. The van der Waals surface area contributed by atoms with Gasteiger partial charge in [0, 0.05) is 50.2 Å². The first-order valence-corrected chi connectivity index (χ1v) is 27.6. The third-order valence-corrected chi connectivity index (χ3v) is 15.6. The Kier molecular flexibility index (Phi) is 13.2. The zero-order valence-corrected chi connectivity index (χ0v) is 48.3. The summed E-state index contributed by atoms with van der Waals surface area (Å²) in [4.78, 5) is 0. The molecule has 10 aromatic rings. The van der Waals surface area contributed by atoms with Gasteiger partial charge in [0.25, 0.3) is 0 Å². The monoisotopic (exact) mass is 1020 g/mol. The number of phenolic OH excluding ortho intramolecular Hbond substituents is 2. The van der Waals surface area contributed by atoms with Crippen molar-refractivity contribution >= 4 is 43.6 Å². The van der Waals surface area contributed by atoms with E-state index in [2.05, 4.69) is 217 Å². The van der Waals surface area contributed by atoms with Crippen LogP contribution in [0.2, 0.25) is 0 Å². The Morgan fingerprint density at radius 2 is 0.662 bits per heavy atom. The Morgan fingerprint density at radius 1 is 0.377 bits per heavy atom. The molecule has 8 aromatic carbocycles. The molecule has 10 rings (SSSR count). The second-order valence-electron chi connectivity index (χ2n) is 26.0. The maximum atomic E-state index is 12.6. The lowest BCUT2D eigenvalue weighted by Gasteiger charge is -2.24. The third-order valence-electron chi connectivity index (χ3n) is 15.6. The van der Waals surface area contributed by atoms with E-state index in [4.69, 9.17) is 9.47 Å². The third kappa shape index (κ3) is 9.97. The fourth-order valence-electron chi connectivity index (χ4n) is 11.3. The predicted octanol–water partition coefficient (Wildman–Crippen LogP) is 19.1. The topological polar surface area (TPSA) is 68.8 Å². The van der Waals surface area contributed by atoms with Crippen molar-refractivity contribution in [3.8, 4) is 56.6 Å². The molecule has 0 saturated carbocycles. The lowest BCUT2D eigenvalue weighted by Crippen LogP contribution is -2.23. The van der Waals surface area contributed by atoms with Crippen molar-refractivity contribution in [1.82, 2.24) is 9.13 Å². The van der Waals surface area contributed by atoms with Crippen molar-refractivity contribution in [2.24, 2.45) is 0 Å². The number of para-hydroxylation sites is 2. The molecule has 0 fully saturated rings. The lowest BCUT2D eigenvalue weighted by atomic mass is 9.85. The molecule has 1 unspecified atom stereocenters. The Balaban J connectivity index is 0.958. The minimum Gasteiger partial charge on any atom is -0.505 e. The summed E-state index contributed by atoms with van der Waals surface area (Å²) in [6.07, 6.45) is 0.0488. The van der Waals surface area contributed by atoms with Crippen molar-refractivity contribution in [3.05, 3.63) is 179 Å². The molecule has 0 saturated heterocycles. The van der Waals surface area contributed by atoms with Crippen LogP contribution in [0.4, 0.5) is 0 Å². The number of aromatic nitrogens is 2. The number of hydrogen-bond acceptors (Lipinski definition) is 4. The molecule has 0 bridgehead atoms. The number of aromatic hydroxyl groups is 2. The quantitative estimate of drug-likeness (QED) is 0.143. The molecular weight excluding hydrogens is 945 g/mol. The van der Waals surface area contributed by atoms with E-state index in [1.807, 2.05) is 48.5 Å². The van der Waals surface area contributed by atoms with Crippen LogP contribution in [0.5, 0.6) is 23.0 Å². The number of aryl methyl sites for hydroxylation is 2. The fraction of sp³-hybridized carbons (Fsp3) is 0.324. The van der Waals surface area contributed by atoms with Crippen molar-refractivity contribution in [3.63, 3.8) is 0 Å². The van der Waals surface area contributed by atoms with E-state index in [0.29, 0.717) is 29.0 Å². The summed E-state index contributed by atoms with van der Waals surface area (Å²) in [5.74, 6) is 1.74. The Bertz CT molecular complexity index is 3520. The molecule has 0 spiro atoms. The zero-order valence-electron chi connectivity index (χ0n) is 48.3.